The van der Waals surface area contributed by atoms with E-state index in [0.717, 1.165) is 24.1 Å². The van der Waals surface area contributed by atoms with Crippen LogP contribution >= 0.6 is 0 Å². The summed E-state index contributed by atoms with van der Waals surface area (Å²) >= 11 is 0. The minimum absolute atomic E-state index is 0.0819. The maximum atomic E-state index is 14.3. The smallest absolute Gasteiger partial charge is 0.191 e. The summed E-state index contributed by atoms with van der Waals surface area (Å²) in [5, 5.41) is 10.7. The lowest BCUT2D eigenvalue weighted by Gasteiger charge is -2.19. The molecular weight excluding hydrogens is 345 g/mol. The average Bonchev–Trinajstić information content (AvgIpc) is 3.40. The Morgan fingerprint density at radius 2 is 2.26 bits per heavy atom. The second-order valence-corrected chi connectivity index (χ2v) is 7.08. The molecule has 1 fully saturated rings. The van der Waals surface area contributed by atoms with Crippen molar-refractivity contribution in [3.05, 3.63) is 47.5 Å². The van der Waals surface area contributed by atoms with E-state index >= 15 is 0 Å². The minimum Gasteiger partial charge on any atom is -0.490 e. The molecule has 2 N–H and O–H groups in total. The molecule has 0 amide bonds. The Morgan fingerprint density at radius 3 is 2.89 bits per heavy atom. The van der Waals surface area contributed by atoms with Crippen LogP contribution in [0.15, 0.2) is 35.6 Å². The number of nitrogens with one attached hydrogen (secondary N) is 2. The first-order chi connectivity index (χ1) is 13.0. The Morgan fingerprint density at radius 1 is 1.44 bits per heavy atom. The SMILES string of the molecule is CN=C(NCCc1cnn(C)c1)NC(C)c1ccc(OCC2CC2)c(F)c1. The van der Waals surface area contributed by atoms with Crippen molar-refractivity contribution in [3.8, 4) is 5.75 Å². The molecule has 0 radical (unpaired) electrons. The number of hydrogen-bond donors (Lipinski definition) is 2. The molecule has 7 heteroatoms. The van der Waals surface area contributed by atoms with Gasteiger partial charge in [0.05, 0.1) is 18.8 Å². The van der Waals surface area contributed by atoms with Crippen LogP contribution in [0.4, 0.5) is 4.39 Å². The fraction of sp³-hybridized carbons (Fsp3) is 0.500. The van der Waals surface area contributed by atoms with Crippen LogP contribution in [0.5, 0.6) is 5.75 Å². The summed E-state index contributed by atoms with van der Waals surface area (Å²) in [4.78, 5) is 4.24. The van der Waals surface area contributed by atoms with Crippen LogP contribution in [0.1, 0.15) is 36.9 Å². The second kappa shape index (κ2) is 8.88. The van der Waals surface area contributed by atoms with Crippen molar-refractivity contribution in [1.29, 1.82) is 0 Å². The molecule has 0 bridgehead atoms. The van der Waals surface area contributed by atoms with Crippen molar-refractivity contribution in [2.45, 2.75) is 32.2 Å². The number of hydrogen-bond acceptors (Lipinski definition) is 3. The van der Waals surface area contributed by atoms with Gasteiger partial charge in [-0.25, -0.2) is 4.39 Å². The number of aromatic nitrogens is 2. The normalized spacial score (nSPS) is 15.5. The fourth-order valence-electron chi connectivity index (χ4n) is 2.80. The fourth-order valence-corrected chi connectivity index (χ4v) is 2.80. The molecule has 0 saturated heterocycles. The van der Waals surface area contributed by atoms with Crippen LogP contribution in [0.3, 0.4) is 0 Å². The summed E-state index contributed by atoms with van der Waals surface area (Å²) in [6.07, 6.45) is 7.08. The van der Waals surface area contributed by atoms with Gasteiger partial charge in [-0.15, -0.1) is 0 Å². The van der Waals surface area contributed by atoms with Gasteiger partial charge in [-0.05, 0) is 55.4 Å². The molecule has 3 rings (SSSR count). The summed E-state index contributed by atoms with van der Waals surface area (Å²) in [6.45, 7) is 3.32. The molecule has 1 aliphatic rings. The van der Waals surface area contributed by atoms with Crippen LogP contribution in [-0.2, 0) is 13.5 Å². The van der Waals surface area contributed by atoms with Gasteiger partial charge in [0.15, 0.2) is 17.5 Å². The predicted molar refractivity (Wildman–Crippen MR) is 104 cm³/mol. The third-order valence-corrected chi connectivity index (χ3v) is 4.67. The van der Waals surface area contributed by atoms with Gasteiger partial charge in [0.25, 0.3) is 0 Å². The first-order valence-corrected chi connectivity index (χ1v) is 9.42. The van der Waals surface area contributed by atoms with Crippen molar-refractivity contribution in [2.24, 2.45) is 18.0 Å². The third kappa shape index (κ3) is 5.70. The maximum Gasteiger partial charge on any atom is 0.191 e. The molecule has 1 heterocycles. The Kier molecular flexibility index (Phi) is 6.32. The van der Waals surface area contributed by atoms with E-state index in [1.165, 1.54) is 18.9 Å². The van der Waals surface area contributed by atoms with Gasteiger partial charge in [-0.3, -0.25) is 9.67 Å². The molecule has 1 aromatic heterocycles. The molecule has 2 aromatic rings. The largest absolute Gasteiger partial charge is 0.490 e. The number of rotatable bonds is 8. The molecule has 1 aliphatic carbocycles. The van der Waals surface area contributed by atoms with E-state index in [-0.39, 0.29) is 11.9 Å². The standard InChI is InChI=1S/C20H28FN5O/c1-14(17-6-7-19(18(21)10-17)27-13-15-4-5-15)25-20(22-2)23-9-8-16-11-24-26(3)12-16/h6-7,10-12,14-15H,4-5,8-9,13H2,1-3H3,(H2,22,23,25). The molecule has 1 atom stereocenters. The molecule has 27 heavy (non-hydrogen) atoms. The van der Waals surface area contributed by atoms with Gasteiger partial charge >= 0.3 is 0 Å². The van der Waals surface area contributed by atoms with E-state index in [4.69, 9.17) is 4.74 Å². The van der Waals surface area contributed by atoms with Crippen molar-refractivity contribution in [1.82, 2.24) is 20.4 Å². The molecule has 1 unspecified atom stereocenters. The second-order valence-electron chi connectivity index (χ2n) is 7.08. The Balaban J connectivity index is 1.49. The number of benzene rings is 1. The van der Waals surface area contributed by atoms with E-state index in [9.17, 15) is 4.39 Å². The number of aryl methyl sites for hydroxylation is 1. The van der Waals surface area contributed by atoms with Gasteiger partial charge in [-0.2, -0.15) is 5.10 Å². The van der Waals surface area contributed by atoms with E-state index in [1.54, 1.807) is 17.8 Å². The van der Waals surface area contributed by atoms with E-state index in [2.05, 4.69) is 20.7 Å². The summed E-state index contributed by atoms with van der Waals surface area (Å²) in [7, 11) is 3.63. The van der Waals surface area contributed by atoms with Crippen molar-refractivity contribution < 1.29 is 9.13 Å². The summed E-state index contributed by atoms with van der Waals surface area (Å²) < 4.78 is 21.6. The highest BCUT2D eigenvalue weighted by Gasteiger charge is 2.22. The van der Waals surface area contributed by atoms with Crippen LogP contribution in [0.25, 0.3) is 0 Å². The van der Waals surface area contributed by atoms with Crippen LogP contribution < -0.4 is 15.4 Å². The van der Waals surface area contributed by atoms with E-state index < -0.39 is 0 Å². The zero-order valence-corrected chi connectivity index (χ0v) is 16.2. The number of halogens is 1. The summed E-state index contributed by atoms with van der Waals surface area (Å²) in [5.41, 5.74) is 2.01. The highest BCUT2D eigenvalue weighted by Crippen LogP contribution is 2.30. The molecule has 6 nitrogen and oxygen atoms in total. The predicted octanol–water partition coefficient (Wildman–Crippen LogP) is 2.82. The zero-order valence-electron chi connectivity index (χ0n) is 16.2. The maximum absolute atomic E-state index is 14.3. The van der Waals surface area contributed by atoms with Crippen molar-refractivity contribution in [2.75, 3.05) is 20.2 Å². The number of ether oxygens (including phenoxy) is 1. The van der Waals surface area contributed by atoms with Gasteiger partial charge in [0, 0.05) is 26.8 Å². The highest BCUT2D eigenvalue weighted by molar-refractivity contribution is 5.80. The minimum atomic E-state index is -0.318. The van der Waals surface area contributed by atoms with Gasteiger partial charge in [0.1, 0.15) is 0 Å². The van der Waals surface area contributed by atoms with Crippen LogP contribution in [-0.4, -0.2) is 35.9 Å². The van der Waals surface area contributed by atoms with Crippen LogP contribution in [0.2, 0.25) is 0 Å². The highest BCUT2D eigenvalue weighted by atomic mass is 19.1. The lowest BCUT2D eigenvalue weighted by Crippen LogP contribution is -2.39. The van der Waals surface area contributed by atoms with Crippen LogP contribution in [0, 0.1) is 11.7 Å². The molecule has 146 valence electrons. The van der Waals surface area contributed by atoms with Gasteiger partial charge in [-0.1, -0.05) is 6.07 Å². The first kappa shape index (κ1) is 19.2. The van der Waals surface area contributed by atoms with Crippen molar-refractivity contribution in [3.63, 3.8) is 0 Å². The third-order valence-electron chi connectivity index (χ3n) is 4.67. The van der Waals surface area contributed by atoms with E-state index in [1.807, 2.05) is 32.4 Å². The van der Waals surface area contributed by atoms with Gasteiger partial charge in [0.2, 0.25) is 0 Å². The molecule has 0 aliphatic heterocycles. The molecular formula is C20H28FN5O. The van der Waals surface area contributed by atoms with E-state index in [0.29, 0.717) is 24.2 Å². The monoisotopic (exact) mass is 373 g/mol. The molecule has 1 aromatic carbocycles. The average molecular weight is 373 g/mol. The Labute approximate surface area is 159 Å². The van der Waals surface area contributed by atoms with Gasteiger partial charge < -0.3 is 15.4 Å². The molecule has 1 saturated carbocycles. The number of guanidine groups is 1. The zero-order chi connectivity index (χ0) is 19.2. The first-order valence-electron chi connectivity index (χ1n) is 9.42. The summed E-state index contributed by atoms with van der Waals surface area (Å²) in [5.74, 6) is 1.30. The lowest BCUT2D eigenvalue weighted by atomic mass is 10.1. The Bertz CT molecular complexity index is 784. The van der Waals surface area contributed by atoms with Crippen molar-refractivity contribution >= 4 is 5.96 Å². The quantitative estimate of drug-likeness (QED) is 0.552. The number of nitrogens with zero attached hydrogens (tertiary/aromatic N) is 3. The lowest BCUT2D eigenvalue weighted by molar-refractivity contribution is 0.285. The number of aliphatic imine (C=N–C) groups is 1. The topological polar surface area (TPSA) is 63.5 Å². The molecule has 0 spiro atoms. The summed E-state index contributed by atoms with van der Waals surface area (Å²) in [6, 6.07) is 5.06. The Hall–Kier alpha value is -2.57.